The maximum absolute atomic E-state index is 13.7. The van der Waals surface area contributed by atoms with E-state index >= 15 is 0 Å². The smallest absolute Gasteiger partial charge is 0.336 e. The minimum atomic E-state index is -0.883. The van der Waals surface area contributed by atoms with Gasteiger partial charge in [0.15, 0.2) is 0 Å². The van der Waals surface area contributed by atoms with Crippen LogP contribution in [0.2, 0.25) is 5.02 Å². The molecule has 33 heavy (non-hydrogen) atoms. The maximum atomic E-state index is 13.7. The molecule has 2 heterocycles. The molecule has 0 saturated carbocycles. The molecule has 0 aliphatic rings. The van der Waals surface area contributed by atoms with E-state index in [0.29, 0.717) is 28.6 Å². The fraction of sp³-hybridized carbons (Fsp3) is 0.208. The van der Waals surface area contributed by atoms with Gasteiger partial charge in [-0.05, 0) is 48.9 Å². The summed E-state index contributed by atoms with van der Waals surface area (Å²) in [5.74, 6) is 0.692. The lowest BCUT2D eigenvalue weighted by atomic mass is 10.1. The van der Waals surface area contributed by atoms with Crippen molar-refractivity contribution in [3.63, 3.8) is 0 Å². The molecule has 1 unspecified atom stereocenters. The summed E-state index contributed by atoms with van der Waals surface area (Å²) < 4.78 is 12.9. The third-order valence-electron chi connectivity index (χ3n) is 5.38. The summed E-state index contributed by atoms with van der Waals surface area (Å²) in [6, 6.07) is 13.9. The molecule has 170 valence electrons. The van der Waals surface area contributed by atoms with Crippen molar-refractivity contribution in [3.05, 3.63) is 92.5 Å². The average Bonchev–Trinajstić information content (AvgIpc) is 3.34. The molecule has 4 aromatic rings. The summed E-state index contributed by atoms with van der Waals surface area (Å²) in [6.07, 6.45) is 1.82. The summed E-state index contributed by atoms with van der Waals surface area (Å²) in [5, 5.41) is 3.41. The molecule has 0 aliphatic heterocycles. The molecule has 0 bridgehead atoms. The number of halogens is 1. The van der Waals surface area contributed by atoms with Crippen molar-refractivity contribution >= 4 is 28.4 Å². The SMILES string of the molecule is CCC(C(=O)NCc1ccco1)n1c(=O)n(-c2cccc(OC)c2)c(=O)c2ccc(Cl)cc21. The lowest BCUT2D eigenvalue weighted by molar-refractivity contribution is -0.124. The van der Waals surface area contributed by atoms with Crippen LogP contribution < -0.4 is 21.3 Å². The van der Waals surface area contributed by atoms with Crippen LogP contribution in [0.5, 0.6) is 5.75 Å². The molecule has 0 fully saturated rings. The summed E-state index contributed by atoms with van der Waals surface area (Å²) in [4.78, 5) is 40.2. The Morgan fingerprint density at radius 3 is 2.67 bits per heavy atom. The number of carbonyl (C=O) groups is 1. The number of nitrogens with zero attached hydrogens (tertiary/aromatic N) is 2. The van der Waals surface area contributed by atoms with Crippen LogP contribution in [-0.4, -0.2) is 22.2 Å². The first kappa shape index (κ1) is 22.4. The number of rotatable bonds is 7. The van der Waals surface area contributed by atoms with E-state index in [1.807, 2.05) is 0 Å². The zero-order valence-electron chi connectivity index (χ0n) is 18.1. The van der Waals surface area contributed by atoms with Gasteiger partial charge < -0.3 is 14.5 Å². The van der Waals surface area contributed by atoms with Gasteiger partial charge in [-0.15, -0.1) is 0 Å². The van der Waals surface area contributed by atoms with E-state index in [1.54, 1.807) is 55.5 Å². The van der Waals surface area contributed by atoms with Gasteiger partial charge in [0.2, 0.25) is 5.91 Å². The fourth-order valence-electron chi connectivity index (χ4n) is 3.77. The molecule has 4 rings (SSSR count). The van der Waals surface area contributed by atoms with Gasteiger partial charge in [0.25, 0.3) is 5.56 Å². The van der Waals surface area contributed by atoms with E-state index in [4.69, 9.17) is 20.8 Å². The van der Waals surface area contributed by atoms with Gasteiger partial charge in [-0.3, -0.25) is 14.2 Å². The first-order valence-electron chi connectivity index (χ1n) is 10.4. The van der Waals surface area contributed by atoms with Crippen molar-refractivity contribution in [2.45, 2.75) is 25.9 Å². The van der Waals surface area contributed by atoms with Crippen LogP contribution >= 0.6 is 11.6 Å². The number of hydrogen-bond acceptors (Lipinski definition) is 5. The predicted molar refractivity (Wildman–Crippen MR) is 125 cm³/mol. The van der Waals surface area contributed by atoms with Crippen molar-refractivity contribution in [2.75, 3.05) is 7.11 Å². The van der Waals surface area contributed by atoms with Crippen LogP contribution in [0.25, 0.3) is 16.6 Å². The Morgan fingerprint density at radius 1 is 1.15 bits per heavy atom. The van der Waals surface area contributed by atoms with Crippen molar-refractivity contribution in [1.29, 1.82) is 0 Å². The zero-order valence-corrected chi connectivity index (χ0v) is 18.8. The number of carbonyl (C=O) groups excluding carboxylic acids is 1. The minimum absolute atomic E-state index is 0.172. The molecule has 2 aromatic heterocycles. The van der Waals surface area contributed by atoms with Gasteiger partial charge in [-0.25, -0.2) is 9.36 Å². The molecule has 2 aromatic carbocycles. The van der Waals surface area contributed by atoms with Gasteiger partial charge >= 0.3 is 5.69 Å². The lowest BCUT2D eigenvalue weighted by Gasteiger charge is -2.21. The Balaban J connectivity index is 1.92. The normalized spacial score (nSPS) is 12.0. The molecule has 8 nitrogen and oxygen atoms in total. The van der Waals surface area contributed by atoms with Gasteiger partial charge in [0.1, 0.15) is 17.6 Å². The van der Waals surface area contributed by atoms with Gasteiger partial charge in [-0.1, -0.05) is 24.6 Å². The second-order valence-corrected chi connectivity index (χ2v) is 7.81. The lowest BCUT2D eigenvalue weighted by Crippen LogP contribution is -2.44. The molecule has 0 saturated heterocycles. The number of nitrogens with one attached hydrogen (secondary N) is 1. The number of furan rings is 1. The number of ether oxygens (including phenoxy) is 1. The molecule has 0 aliphatic carbocycles. The van der Waals surface area contributed by atoms with E-state index in [0.717, 1.165) is 4.57 Å². The van der Waals surface area contributed by atoms with E-state index in [1.165, 1.54) is 24.0 Å². The van der Waals surface area contributed by atoms with E-state index < -0.39 is 17.3 Å². The van der Waals surface area contributed by atoms with Crippen molar-refractivity contribution in [2.24, 2.45) is 0 Å². The zero-order chi connectivity index (χ0) is 23.5. The third kappa shape index (κ3) is 4.29. The molecular weight excluding hydrogens is 446 g/mol. The fourth-order valence-corrected chi connectivity index (χ4v) is 3.94. The van der Waals surface area contributed by atoms with Crippen LogP contribution in [0.3, 0.4) is 0 Å². The monoisotopic (exact) mass is 467 g/mol. The number of aromatic nitrogens is 2. The van der Waals surface area contributed by atoms with Crippen LogP contribution in [0, 0.1) is 0 Å². The second-order valence-electron chi connectivity index (χ2n) is 7.38. The first-order valence-corrected chi connectivity index (χ1v) is 10.7. The minimum Gasteiger partial charge on any atom is -0.497 e. The largest absolute Gasteiger partial charge is 0.497 e. The summed E-state index contributed by atoms with van der Waals surface area (Å²) in [7, 11) is 1.50. The average molecular weight is 468 g/mol. The van der Waals surface area contributed by atoms with Gasteiger partial charge in [-0.2, -0.15) is 0 Å². The highest BCUT2D eigenvalue weighted by atomic mass is 35.5. The molecule has 1 atom stereocenters. The Morgan fingerprint density at radius 2 is 1.97 bits per heavy atom. The molecule has 9 heteroatoms. The molecule has 1 amide bonds. The number of fused-ring (bicyclic) bond motifs is 1. The quantitative estimate of drug-likeness (QED) is 0.447. The van der Waals surface area contributed by atoms with Crippen molar-refractivity contribution in [1.82, 2.24) is 14.5 Å². The summed E-state index contributed by atoms with van der Waals surface area (Å²) >= 11 is 6.19. The Bertz CT molecular complexity index is 1420. The second kappa shape index (κ2) is 9.38. The maximum Gasteiger partial charge on any atom is 0.336 e. The first-order chi connectivity index (χ1) is 15.9. The standard InChI is InChI=1S/C24H22ClN3O5/c1-3-20(22(29)26-14-18-8-5-11-33-18)28-21-12-15(25)9-10-19(21)23(30)27(24(28)31)16-6-4-7-17(13-16)32-2/h4-13,20H,3,14H2,1-2H3,(H,26,29). The van der Waals surface area contributed by atoms with Crippen LogP contribution in [-0.2, 0) is 11.3 Å². The Hall–Kier alpha value is -3.78. The summed E-state index contributed by atoms with van der Waals surface area (Å²) in [5.41, 5.74) is -0.539. The Labute approximate surface area is 194 Å². The Kier molecular flexibility index (Phi) is 6.37. The van der Waals surface area contributed by atoms with Gasteiger partial charge in [0, 0.05) is 11.1 Å². The van der Waals surface area contributed by atoms with E-state index in [2.05, 4.69) is 5.32 Å². The highest BCUT2D eigenvalue weighted by molar-refractivity contribution is 6.31. The summed E-state index contributed by atoms with van der Waals surface area (Å²) in [6.45, 7) is 1.96. The molecule has 1 N–H and O–H groups in total. The number of hydrogen-bond donors (Lipinski definition) is 1. The van der Waals surface area contributed by atoms with E-state index in [-0.39, 0.29) is 23.4 Å². The predicted octanol–water partition coefficient (Wildman–Crippen LogP) is 3.67. The van der Waals surface area contributed by atoms with Gasteiger partial charge in [0.05, 0.1) is 36.5 Å². The van der Waals surface area contributed by atoms with Crippen LogP contribution in [0.1, 0.15) is 25.1 Å². The van der Waals surface area contributed by atoms with E-state index in [9.17, 15) is 14.4 Å². The topological polar surface area (TPSA) is 95.5 Å². The third-order valence-corrected chi connectivity index (χ3v) is 5.61. The molecule has 0 spiro atoms. The number of benzene rings is 2. The number of amides is 1. The highest BCUT2D eigenvalue weighted by Gasteiger charge is 2.25. The van der Waals surface area contributed by atoms with Crippen molar-refractivity contribution in [3.8, 4) is 11.4 Å². The van der Waals surface area contributed by atoms with Crippen LogP contribution in [0.15, 0.2) is 74.9 Å². The van der Waals surface area contributed by atoms with Crippen molar-refractivity contribution < 1.29 is 13.9 Å². The van der Waals surface area contributed by atoms with Crippen LogP contribution in [0.4, 0.5) is 0 Å². The number of methoxy groups -OCH3 is 1. The molecule has 0 radical (unpaired) electrons. The molecular formula is C24H22ClN3O5. The highest BCUT2D eigenvalue weighted by Crippen LogP contribution is 2.22.